The maximum absolute atomic E-state index is 12.7. The van der Waals surface area contributed by atoms with Crippen molar-refractivity contribution in [3.8, 4) is 11.1 Å². The van der Waals surface area contributed by atoms with Crippen LogP contribution in [0.2, 0.25) is 5.02 Å². The molecule has 26 heavy (non-hydrogen) atoms. The Bertz CT molecular complexity index is 1100. The first-order chi connectivity index (χ1) is 12.0. The lowest BCUT2D eigenvalue weighted by Gasteiger charge is -2.11. The van der Waals surface area contributed by atoms with E-state index in [1.54, 1.807) is 0 Å². The summed E-state index contributed by atoms with van der Waals surface area (Å²) in [6, 6.07) is 8.15. The Hall–Kier alpha value is -2.12. The molecule has 10 heteroatoms. The minimum Gasteiger partial charge on any atom is -0.321 e. The Morgan fingerprint density at radius 3 is 2.19 bits per heavy atom. The number of alkyl halides is 3. The topological polar surface area (TPSA) is 90.4 Å². The van der Waals surface area contributed by atoms with Gasteiger partial charge in [0.25, 0.3) is 5.56 Å². The van der Waals surface area contributed by atoms with Crippen LogP contribution in [0.15, 0.2) is 47.3 Å². The predicted molar refractivity (Wildman–Crippen MR) is 91.7 cm³/mol. The Morgan fingerprint density at radius 1 is 1.04 bits per heavy atom. The first kappa shape index (κ1) is 18.7. The molecule has 1 heterocycles. The zero-order valence-electron chi connectivity index (χ0n) is 12.7. The van der Waals surface area contributed by atoms with E-state index >= 15 is 0 Å². The zero-order valence-corrected chi connectivity index (χ0v) is 14.4. The molecule has 0 aliphatic carbocycles. The van der Waals surface area contributed by atoms with Gasteiger partial charge in [0.2, 0.25) is 0 Å². The SMILES string of the molecule is O=c1[nH]c2cc(Cl)c(-c3ccc(C(F)(F)F)cc3)cc2cc1P(=O)(O)O. The molecule has 1 aromatic heterocycles. The first-order valence-corrected chi connectivity index (χ1v) is 9.06. The summed E-state index contributed by atoms with van der Waals surface area (Å²) in [4.78, 5) is 32.6. The molecule has 3 rings (SSSR count). The highest BCUT2D eigenvalue weighted by Crippen LogP contribution is 2.36. The first-order valence-electron chi connectivity index (χ1n) is 7.07. The molecule has 0 spiro atoms. The lowest BCUT2D eigenvalue weighted by molar-refractivity contribution is -0.137. The van der Waals surface area contributed by atoms with Crippen molar-refractivity contribution in [2.75, 3.05) is 0 Å². The van der Waals surface area contributed by atoms with Crippen LogP contribution in [0.25, 0.3) is 22.0 Å². The monoisotopic (exact) mass is 403 g/mol. The summed E-state index contributed by atoms with van der Waals surface area (Å²) in [5.41, 5.74) is -0.770. The average Bonchev–Trinajstić information content (AvgIpc) is 2.52. The Kier molecular flexibility index (Phi) is 4.48. The van der Waals surface area contributed by atoms with Crippen LogP contribution >= 0.6 is 19.2 Å². The molecule has 0 unspecified atom stereocenters. The highest BCUT2D eigenvalue weighted by atomic mass is 35.5. The van der Waals surface area contributed by atoms with Gasteiger partial charge in [0.15, 0.2) is 0 Å². The minimum atomic E-state index is -4.79. The van der Waals surface area contributed by atoms with Gasteiger partial charge >= 0.3 is 13.8 Å². The van der Waals surface area contributed by atoms with Gasteiger partial charge in [0.05, 0.1) is 10.6 Å². The largest absolute Gasteiger partial charge is 0.416 e. The van der Waals surface area contributed by atoms with E-state index in [9.17, 15) is 32.3 Å². The lowest BCUT2D eigenvalue weighted by atomic mass is 10.0. The van der Waals surface area contributed by atoms with Gasteiger partial charge in [-0.2, -0.15) is 13.2 Å². The molecule has 0 saturated carbocycles. The van der Waals surface area contributed by atoms with Crippen LogP contribution in [0.3, 0.4) is 0 Å². The van der Waals surface area contributed by atoms with Gasteiger partial charge in [-0.3, -0.25) is 9.36 Å². The summed E-state index contributed by atoms with van der Waals surface area (Å²) in [6.07, 6.45) is -4.47. The molecule has 0 atom stereocenters. The van der Waals surface area contributed by atoms with Gasteiger partial charge < -0.3 is 14.8 Å². The summed E-state index contributed by atoms with van der Waals surface area (Å²) < 4.78 is 49.4. The molecule has 5 nitrogen and oxygen atoms in total. The Balaban J connectivity index is 2.18. The van der Waals surface area contributed by atoms with Crippen molar-refractivity contribution < 1.29 is 27.5 Å². The number of nitrogens with one attached hydrogen (secondary N) is 1. The van der Waals surface area contributed by atoms with E-state index in [2.05, 4.69) is 4.98 Å². The number of benzene rings is 2. The molecule has 2 aromatic carbocycles. The van der Waals surface area contributed by atoms with Crippen molar-refractivity contribution >= 4 is 35.4 Å². The summed E-state index contributed by atoms with van der Waals surface area (Å²) in [6.45, 7) is 0. The number of rotatable bonds is 2. The van der Waals surface area contributed by atoms with Gasteiger partial charge in [0, 0.05) is 11.1 Å². The van der Waals surface area contributed by atoms with E-state index in [0.29, 0.717) is 11.1 Å². The fourth-order valence-corrected chi connectivity index (χ4v) is 3.39. The standard InChI is InChI=1S/C16H10ClF3NO4P/c17-12-7-13-9(6-14(15(22)21-13)26(23,24)25)5-11(12)8-1-3-10(4-2-8)16(18,19)20/h1-7H,(H,21,22)(H2,23,24,25). The van der Waals surface area contributed by atoms with Gasteiger partial charge in [-0.1, -0.05) is 23.7 Å². The highest BCUT2D eigenvalue weighted by Gasteiger charge is 2.30. The number of aromatic nitrogens is 1. The normalized spacial score (nSPS) is 12.5. The van der Waals surface area contributed by atoms with Crippen LogP contribution in [-0.4, -0.2) is 14.8 Å². The second-order valence-corrected chi connectivity index (χ2v) is 7.50. The molecule has 0 aliphatic rings. The van der Waals surface area contributed by atoms with Crippen LogP contribution in [0.4, 0.5) is 13.2 Å². The van der Waals surface area contributed by atoms with Gasteiger partial charge in [-0.05, 0) is 41.3 Å². The van der Waals surface area contributed by atoms with Crippen molar-refractivity contribution in [3.63, 3.8) is 0 Å². The third kappa shape index (κ3) is 3.54. The van der Waals surface area contributed by atoms with Crippen molar-refractivity contribution in [1.29, 1.82) is 0 Å². The summed E-state index contributed by atoms with van der Waals surface area (Å²) >= 11 is 6.15. The molecule has 0 amide bonds. The summed E-state index contributed by atoms with van der Waals surface area (Å²) in [7, 11) is -4.79. The molecule has 3 aromatic rings. The molecular weight excluding hydrogens is 394 g/mol. The maximum atomic E-state index is 12.7. The van der Waals surface area contributed by atoms with Crippen LogP contribution in [-0.2, 0) is 10.7 Å². The fourth-order valence-electron chi connectivity index (χ4n) is 2.49. The molecular formula is C16H10ClF3NO4P. The Labute approximate surface area is 149 Å². The number of H-pyrrole nitrogens is 1. The van der Waals surface area contributed by atoms with Crippen LogP contribution in [0, 0.1) is 0 Å². The van der Waals surface area contributed by atoms with E-state index in [0.717, 1.165) is 18.2 Å². The van der Waals surface area contributed by atoms with Gasteiger partial charge in [-0.15, -0.1) is 0 Å². The lowest BCUT2D eigenvalue weighted by Crippen LogP contribution is -2.26. The molecule has 0 radical (unpaired) electrons. The number of pyridine rings is 1. The second-order valence-electron chi connectivity index (χ2n) is 5.52. The molecule has 0 aliphatic heterocycles. The van der Waals surface area contributed by atoms with Crippen LogP contribution < -0.4 is 10.9 Å². The van der Waals surface area contributed by atoms with Crippen molar-refractivity contribution in [2.45, 2.75) is 6.18 Å². The van der Waals surface area contributed by atoms with Crippen LogP contribution in [0.1, 0.15) is 5.56 Å². The highest BCUT2D eigenvalue weighted by molar-refractivity contribution is 7.60. The quantitative estimate of drug-likeness (QED) is 0.569. The van der Waals surface area contributed by atoms with E-state index in [1.807, 2.05) is 0 Å². The molecule has 0 fully saturated rings. The van der Waals surface area contributed by atoms with Crippen molar-refractivity contribution in [1.82, 2.24) is 4.98 Å². The zero-order chi connectivity index (χ0) is 19.3. The second kappa shape index (κ2) is 6.25. The van der Waals surface area contributed by atoms with Crippen molar-refractivity contribution in [3.05, 3.63) is 63.4 Å². The Morgan fingerprint density at radius 2 is 1.65 bits per heavy atom. The molecule has 136 valence electrons. The number of fused-ring (bicyclic) bond motifs is 1. The predicted octanol–water partition coefficient (Wildman–Crippen LogP) is 3.67. The number of aromatic amines is 1. The van der Waals surface area contributed by atoms with E-state index in [-0.39, 0.29) is 15.9 Å². The number of hydrogen-bond donors (Lipinski definition) is 3. The number of halogens is 4. The maximum Gasteiger partial charge on any atom is 0.416 e. The van der Waals surface area contributed by atoms with Crippen LogP contribution in [0.5, 0.6) is 0 Å². The number of hydrogen-bond acceptors (Lipinski definition) is 2. The molecule has 0 saturated heterocycles. The third-order valence-corrected chi connectivity index (χ3v) is 5.02. The van der Waals surface area contributed by atoms with E-state index in [1.165, 1.54) is 24.3 Å². The van der Waals surface area contributed by atoms with Gasteiger partial charge in [0.1, 0.15) is 5.30 Å². The summed E-state index contributed by atoms with van der Waals surface area (Å²) in [5, 5.41) is -0.259. The average molecular weight is 404 g/mol. The molecule has 0 bridgehead atoms. The smallest absolute Gasteiger partial charge is 0.321 e. The fraction of sp³-hybridized carbons (Fsp3) is 0.0625. The van der Waals surface area contributed by atoms with Crippen molar-refractivity contribution in [2.24, 2.45) is 0 Å². The van der Waals surface area contributed by atoms with E-state index in [4.69, 9.17) is 11.6 Å². The van der Waals surface area contributed by atoms with E-state index < -0.39 is 30.2 Å². The summed E-state index contributed by atoms with van der Waals surface area (Å²) in [5.74, 6) is 0. The van der Waals surface area contributed by atoms with Gasteiger partial charge in [-0.25, -0.2) is 0 Å². The third-order valence-electron chi connectivity index (χ3n) is 3.75. The minimum absolute atomic E-state index is 0.164. The molecule has 3 N–H and O–H groups in total.